The predicted molar refractivity (Wildman–Crippen MR) is 157 cm³/mol. The van der Waals surface area contributed by atoms with Crippen LogP contribution in [0.4, 0.5) is 0 Å². The van der Waals surface area contributed by atoms with Crippen LogP contribution in [0.15, 0.2) is 88.3 Å². The number of para-hydroxylation sites is 1. The monoisotopic (exact) mass is 556 g/mol. The third kappa shape index (κ3) is 5.77. The van der Waals surface area contributed by atoms with Gasteiger partial charge in [-0.05, 0) is 30.2 Å². The Morgan fingerprint density at radius 1 is 1.02 bits per heavy atom. The molecule has 2 aliphatic rings. The molecule has 9 heteroatoms. The molecule has 0 unspecified atom stereocenters. The van der Waals surface area contributed by atoms with Crippen molar-refractivity contribution in [1.29, 1.82) is 0 Å². The Hall–Kier alpha value is -3.66. The molecule has 1 N–H and O–H groups in total. The largest absolute Gasteiger partial charge is 0.486 e. The van der Waals surface area contributed by atoms with Crippen LogP contribution in [0.1, 0.15) is 17.4 Å². The van der Waals surface area contributed by atoms with E-state index in [1.54, 1.807) is 30.1 Å². The van der Waals surface area contributed by atoms with Crippen LogP contribution in [0, 0.1) is 0 Å². The van der Waals surface area contributed by atoms with E-state index in [4.69, 9.17) is 9.15 Å². The van der Waals surface area contributed by atoms with E-state index in [1.165, 1.54) is 0 Å². The summed E-state index contributed by atoms with van der Waals surface area (Å²) >= 11 is 1.76. The fraction of sp³-hybridized carbons (Fsp3) is 0.323. The Morgan fingerprint density at radius 3 is 2.62 bits per heavy atom. The van der Waals surface area contributed by atoms with Crippen molar-refractivity contribution in [2.24, 2.45) is 0 Å². The Morgan fingerprint density at radius 2 is 1.82 bits per heavy atom. The van der Waals surface area contributed by atoms with Crippen LogP contribution < -0.4 is 15.5 Å². The van der Waals surface area contributed by atoms with Crippen LogP contribution in [0.25, 0.3) is 22.3 Å². The molecule has 4 heterocycles. The highest BCUT2D eigenvalue weighted by molar-refractivity contribution is 7.99. The molecule has 2 aliphatic heterocycles. The lowest BCUT2D eigenvalue weighted by Gasteiger charge is -2.36. The zero-order valence-electron chi connectivity index (χ0n) is 22.2. The molecule has 0 spiro atoms. The molecule has 0 saturated carbocycles. The molecular weight excluding hydrogens is 524 g/mol. The second kappa shape index (κ2) is 12.2. The van der Waals surface area contributed by atoms with Crippen LogP contribution in [0.5, 0.6) is 5.75 Å². The number of hydrogen-bond acceptors (Lipinski definition) is 8. The van der Waals surface area contributed by atoms with E-state index in [1.807, 2.05) is 65.7 Å². The molecule has 40 heavy (non-hydrogen) atoms. The summed E-state index contributed by atoms with van der Waals surface area (Å²) in [5.74, 6) is 1.66. The minimum Gasteiger partial charge on any atom is -0.486 e. The van der Waals surface area contributed by atoms with Gasteiger partial charge in [0.1, 0.15) is 5.58 Å². The maximum absolute atomic E-state index is 13.3. The van der Waals surface area contributed by atoms with Gasteiger partial charge < -0.3 is 14.1 Å². The fourth-order valence-corrected chi connectivity index (χ4v) is 6.46. The smallest absolute Gasteiger partial charge is 0.240 e. The molecule has 206 valence electrons. The van der Waals surface area contributed by atoms with Gasteiger partial charge in [-0.2, -0.15) is 0 Å². The summed E-state index contributed by atoms with van der Waals surface area (Å²) in [6, 6.07) is 20.7. The summed E-state index contributed by atoms with van der Waals surface area (Å²) in [6.07, 6.45) is 4.39. The Bertz CT molecular complexity index is 1510. The summed E-state index contributed by atoms with van der Waals surface area (Å²) in [6.45, 7) is 4.32. The number of aromatic nitrogens is 1. The van der Waals surface area contributed by atoms with Crippen molar-refractivity contribution in [3.05, 3.63) is 94.9 Å². The van der Waals surface area contributed by atoms with Crippen LogP contribution >= 0.6 is 11.8 Å². The van der Waals surface area contributed by atoms with E-state index in [-0.39, 0.29) is 28.5 Å². The van der Waals surface area contributed by atoms with Crippen molar-refractivity contribution < 1.29 is 13.9 Å². The first-order chi connectivity index (χ1) is 19.7. The summed E-state index contributed by atoms with van der Waals surface area (Å²) in [4.78, 5) is 34.9. The SMILES string of the molecule is O=C([C@@H]1CS[C@H](c2cccnc2)N1)N1CCN(CCCOc2c(-c3ccccc3)oc3ccccc3c2=O)CC1. The molecule has 4 aromatic rings. The van der Waals surface area contributed by atoms with Crippen LogP contribution in [0.2, 0.25) is 0 Å². The third-order valence-corrected chi connectivity index (χ3v) is 8.68. The van der Waals surface area contributed by atoms with Gasteiger partial charge in [0.15, 0.2) is 5.76 Å². The third-order valence-electron chi connectivity index (χ3n) is 7.41. The molecule has 6 rings (SSSR count). The summed E-state index contributed by atoms with van der Waals surface area (Å²) in [7, 11) is 0. The molecule has 2 aromatic heterocycles. The van der Waals surface area contributed by atoms with E-state index in [0.717, 1.165) is 42.9 Å². The van der Waals surface area contributed by atoms with E-state index in [9.17, 15) is 9.59 Å². The fourth-order valence-electron chi connectivity index (χ4n) is 5.25. The first-order valence-corrected chi connectivity index (χ1v) is 14.7. The standard InChI is InChI=1S/C31H32N4O4S/c36-27-24-11-4-5-12-26(24)39-28(22-8-2-1-3-9-22)29(27)38-19-7-14-34-15-17-35(18-16-34)31(37)25-21-40-30(33-25)23-10-6-13-32-20-23/h1-6,8-13,20,25,30,33H,7,14-19,21H2/t25-,30+/m0/s1. The average molecular weight is 557 g/mol. The molecule has 2 atom stereocenters. The van der Waals surface area contributed by atoms with Gasteiger partial charge in [0, 0.05) is 56.4 Å². The quantitative estimate of drug-likeness (QED) is 0.324. The number of nitrogens with one attached hydrogen (secondary N) is 1. The number of thioether (sulfide) groups is 1. The highest BCUT2D eigenvalue weighted by Gasteiger charge is 2.34. The van der Waals surface area contributed by atoms with Gasteiger partial charge in [0.2, 0.25) is 17.1 Å². The Kier molecular flexibility index (Phi) is 8.13. The van der Waals surface area contributed by atoms with Crippen molar-refractivity contribution in [1.82, 2.24) is 20.1 Å². The summed E-state index contributed by atoms with van der Waals surface area (Å²) in [5.41, 5.74) is 2.30. The van der Waals surface area contributed by atoms with Gasteiger partial charge in [0.05, 0.1) is 23.4 Å². The maximum Gasteiger partial charge on any atom is 0.240 e. The van der Waals surface area contributed by atoms with Crippen LogP contribution in [-0.4, -0.2) is 71.8 Å². The van der Waals surface area contributed by atoms with Crippen molar-refractivity contribution >= 4 is 28.6 Å². The lowest BCUT2D eigenvalue weighted by Crippen LogP contribution is -2.53. The number of fused-ring (bicyclic) bond motifs is 1. The number of rotatable bonds is 8. The number of carbonyl (C=O) groups excluding carboxylic acids is 1. The lowest BCUT2D eigenvalue weighted by molar-refractivity contribution is -0.134. The van der Waals surface area contributed by atoms with Crippen LogP contribution in [-0.2, 0) is 4.79 Å². The first kappa shape index (κ1) is 26.6. The molecule has 8 nitrogen and oxygen atoms in total. The first-order valence-electron chi connectivity index (χ1n) is 13.7. The number of carbonyl (C=O) groups is 1. The lowest BCUT2D eigenvalue weighted by atomic mass is 10.1. The minimum absolute atomic E-state index is 0.108. The molecule has 2 saturated heterocycles. The van der Waals surface area contributed by atoms with Gasteiger partial charge in [-0.3, -0.25) is 24.8 Å². The topological polar surface area (TPSA) is 87.9 Å². The van der Waals surface area contributed by atoms with E-state index in [2.05, 4.69) is 15.2 Å². The van der Waals surface area contributed by atoms with Crippen molar-refractivity contribution in [2.45, 2.75) is 17.8 Å². The number of ether oxygens (including phenoxy) is 1. The van der Waals surface area contributed by atoms with E-state index < -0.39 is 0 Å². The molecule has 0 radical (unpaired) electrons. The molecule has 0 bridgehead atoms. The average Bonchev–Trinajstić information content (AvgIpc) is 3.51. The highest BCUT2D eigenvalue weighted by Crippen LogP contribution is 2.33. The van der Waals surface area contributed by atoms with Gasteiger partial charge >= 0.3 is 0 Å². The number of hydrogen-bond donors (Lipinski definition) is 1. The molecule has 2 fully saturated rings. The number of benzene rings is 2. The molecule has 2 aromatic carbocycles. The van der Waals surface area contributed by atoms with E-state index >= 15 is 0 Å². The van der Waals surface area contributed by atoms with Gasteiger partial charge in [-0.25, -0.2) is 0 Å². The molecule has 0 aliphatic carbocycles. The second-order valence-electron chi connectivity index (χ2n) is 10.0. The van der Waals surface area contributed by atoms with Crippen LogP contribution in [0.3, 0.4) is 0 Å². The van der Waals surface area contributed by atoms with Gasteiger partial charge in [-0.15, -0.1) is 11.8 Å². The summed E-state index contributed by atoms with van der Waals surface area (Å²) < 4.78 is 12.2. The predicted octanol–water partition coefficient (Wildman–Crippen LogP) is 4.17. The zero-order chi connectivity index (χ0) is 27.3. The number of pyridine rings is 1. The summed E-state index contributed by atoms with van der Waals surface area (Å²) in [5, 5.41) is 4.09. The van der Waals surface area contributed by atoms with Crippen molar-refractivity contribution in [3.63, 3.8) is 0 Å². The minimum atomic E-state index is -0.164. The molecule has 1 amide bonds. The molecular formula is C31H32N4O4S. The normalized spacial score (nSPS) is 19.6. The Labute approximate surface area is 237 Å². The van der Waals surface area contributed by atoms with Crippen molar-refractivity contribution in [3.8, 4) is 17.1 Å². The number of amides is 1. The van der Waals surface area contributed by atoms with Crippen molar-refractivity contribution in [2.75, 3.05) is 45.1 Å². The van der Waals surface area contributed by atoms with E-state index in [0.29, 0.717) is 36.4 Å². The Balaban J connectivity index is 1.01. The van der Waals surface area contributed by atoms with Gasteiger partial charge in [0.25, 0.3) is 0 Å². The number of nitrogens with zero attached hydrogens (tertiary/aromatic N) is 3. The number of piperazine rings is 1. The van der Waals surface area contributed by atoms with Gasteiger partial charge in [-0.1, -0.05) is 48.5 Å². The maximum atomic E-state index is 13.3. The zero-order valence-corrected chi connectivity index (χ0v) is 23.0. The highest BCUT2D eigenvalue weighted by atomic mass is 32.2. The second-order valence-corrected chi connectivity index (χ2v) is 11.2.